The number of hydrogen-bond acceptors (Lipinski definition) is 5. The second-order valence-electron chi connectivity index (χ2n) is 16.2. The number of para-hydroxylation sites is 1. The highest BCUT2D eigenvalue weighted by molar-refractivity contribution is 7.25. The normalized spacial score (nSPS) is 13.9. The molecule has 1 aliphatic rings. The smallest absolute Gasteiger partial charge is 0.164 e. The summed E-state index contributed by atoms with van der Waals surface area (Å²) in [5.74, 6) is 2.01. The summed E-state index contributed by atoms with van der Waals surface area (Å²) >= 11 is 1.82. The molecule has 3 aromatic heterocycles. The zero-order valence-electron chi connectivity index (χ0n) is 33.0. The van der Waals surface area contributed by atoms with Gasteiger partial charge in [-0.25, -0.2) is 15.0 Å². The average Bonchev–Trinajstić information content (AvgIpc) is 3.84. The topological polar surface area (TPSA) is 51.8 Å². The van der Waals surface area contributed by atoms with E-state index in [-0.39, 0.29) is 5.92 Å². The molecule has 0 N–H and O–H groups in total. The number of fused-ring (bicyclic) bond motifs is 11. The number of furan rings is 1. The van der Waals surface area contributed by atoms with E-state index in [1.165, 1.54) is 58.8 Å². The number of thiophene rings is 1. The molecule has 0 spiro atoms. The van der Waals surface area contributed by atoms with Crippen molar-refractivity contribution < 1.29 is 4.42 Å². The van der Waals surface area contributed by atoms with Crippen LogP contribution in [0.25, 0.3) is 109 Å². The number of aromatic nitrogens is 3. The Hall–Kier alpha value is -7.47. The molecule has 0 bridgehead atoms. The fraction of sp³-hybridized carbons (Fsp3) is 0.0536. The van der Waals surface area contributed by atoms with Crippen molar-refractivity contribution in [2.45, 2.75) is 18.8 Å². The van der Waals surface area contributed by atoms with Gasteiger partial charge in [0, 0.05) is 53.6 Å². The summed E-state index contributed by atoms with van der Waals surface area (Å²) in [5.41, 5.74) is 11.0. The quantitative estimate of drug-likeness (QED) is 0.178. The van der Waals surface area contributed by atoms with Crippen LogP contribution in [0.5, 0.6) is 0 Å². The van der Waals surface area contributed by atoms with Crippen molar-refractivity contribution in [3.63, 3.8) is 0 Å². The van der Waals surface area contributed by atoms with E-state index in [0.29, 0.717) is 17.5 Å². The first kappa shape index (κ1) is 34.4. The van der Waals surface area contributed by atoms with Crippen LogP contribution in [0.2, 0.25) is 0 Å². The Morgan fingerprint density at radius 3 is 2.02 bits per heavy atom. The Kier molecular flexibility index (Phi) is 7.63. The number of benzene rings is 9. The molecule has 5 heteroatoms. The van der Waals surface area contributed by atoms with Gasteiger partial charge in [-0.3, -0.25) is 0 Å². The Balaban J connectivity index is 1.06. The minimum absolute atomic E-state index is 0.108. The predicted octanol–water partition coefficient (Wildman–Crippen LogP) is 15.2. The third kappa shape index (κ3) is 5.54. The van der Waals surface area contributed by atoms with Gasteiger partial charge in [0.25, 0.3) is 0 Å². The van der Waals surface area contributed by atoms with Crippen LogP contribution in [0.15, 0.2) is 186 Å². The van der Waals surface area contributed by atoms with Gasteiger partial charge in [-0.05, 0) is 111 Å². The third-order valence-electron chi connectivity index (χ3n) is 12.7. The van der Waals surface area contributed by atoms with E-state index in [4.69, 9.17) is 19.4 Å². The Bertz CT molecular complexity index is 3740. The van der Waals surface area contributed by atoms with E-state index >= 15 is 0 Å². The molecular formula is C56H35N3OS. The Morgan fingerprint density at radius 2 is 1.11 bits per heavy atom. The molecule has 1 atom stereocenters. The summed E-state index contributed by atoms with van der Waals surface area (Å²) in [7, 11) is 0. The second kappa shape index (κ2) is 13.5. The van der Waals surface area contributed by atoms with Crippen molar-refractivity contribution in [1.82, 2.24) is 15.0 Å². The van der Waals surface area contributed by atoms with Gasteiger partial charge in [0.1, 0.15) is 11.2 Å². The van der Waals surface area contributed by atoms with Gasteiger partial charge in [-0.15, -0.1) is 11.3 Å². The van der Waals surface area contributed by atoms with Gasteiger partial charge in [-0.2, -0.15) is 0 Å². The molecule has 0 amide bonds. The minimum Gasteiger partial charge on any atom is -0.456 e. The van der Waals surface area contributed by atoms with E-state index in [9.17, 15) is 0 Å². The molecule has 12 aromatic rings. The maximum absolute atomic E-state index is 6.78. The summed E-state index contributed by atoms with van der Waals surface area (Å²) in [4.78, 5) is 16.2. The third-order valence-corrected chi connectivity index (χ3v) is 13.9. The molecule has 13 rings (SSSR count). The zero-order chi connectivity index (χ0) is 40.0. The molecule has 1 aliphatic carbocycles. The monoisotopic (exact) mass is 797 g/mol. The van der Waals surface area contributed by atoms with Crippen LogP contribution in [0, 0.1) is 0 Å². The summed E-state index contributed by atoms with van der Waals surface area (Å²) in [6.45, 7) is 0. The SMILES string of the molecule is c1ccc2c(c1)-c1cc3ccccc3cc1CCC2c1cc(-c2nc(-c3ccc4sc5ccccc5c4c3)nc(-c3cccc4ccccc34)n2)c2c(c1)oc1ccccc12. The first-order valence-corrected chi connectivity index (χ1v) is 21.7. The number of nitrogens with zero attached hydrogens (tertiary/aromatic N) is 3. The van der Waals surface area contributed by atoms with E-state index in [0.717, 1.165) is 62.2 Å². The summed E-state index contributed by atoms with van der Waals surface area (Å²) in [5, 5.41) is 9.28. The van der Waals surface area contributed by atoms with E-state index in [2.05, 4.69) is 176 Å². The van der Waals surface area contributed by atoms with Crippen molar-refractivity contribution in [3.8, 4) is 45.3 Å². The summed E-state index contributed by atoms with van der Waals surface area (Å²) < 4.78 is 9.29. The van der Waals surface area contributed by atoms with Crippen LogP contribution < -0.4 is 0 Å². The fourth-order valence-corrected chi connectivity index (χ4v) is 11.0. The molecule has 0 saturated heterocycles. The van der Waals surface area contributed by atoms with Crippen LogP contribution in [0.4, 0.5) is 0 Å². The maximum atomic E-state index is 6.78. The highest BCUT2D eigenvalue weighted by atomic mass is 32.1. The molecule has 1 unspecified atom stereocenters. The Morgan fingerprint density at radius 1 is 0.443 bits per heavy atom. The number of rotatable bonds is 4. The zero-order valence-corrected chi connectivity index (χ0v) is 33.8. The van der Waals surface area contributed by atoms with Gasteiger partial charge < -0.3 is 4.42 Å². The molecule has 0 aliphatic heterocycles. The first-order valence-electron chi connectivity index (χ1n) is 20.9. The van der Waals surface area contributed by atoms with E-state index < -0.39 is 0 Å². The largest absolute Gasteiger partial charge is 0.456 e. The Labute approximate surface area is 355 Å². The van der Waals surface area contributed by atoms with Crippen molar-refractivity contribution in [2.75, 3.05) is 0 Å². The van der Waals surface area contributed by atoms with Gasteiger partial charge >= 0.3 is 0 Å². The molecule has 0 fully saturated rings. The molecule has 61 heavy (non-hydrogen) atoms. The number of aryl methyl sites for hydroxylation is 1. The van der Waals surface area contributed by atoms with Crippen molar-refractivity contribution in [2.24, 2.45) is 0 Å². The van der Waals surface area contributed by atoms with Gasteiger partial charge in [0.15, 0.2) is 17.5 Å². The predicted molar refractivity (Wildman–Crippen MR) is 253 cm³/mol. The van der Waals surface area contributed by atoms with Crippen LogP contribution in [-0.4, -0.2) is 15.0 Å². The lowest BCUT2D eigenvalue weighted by Gasteiger charge is -2.20. The van der Waals surface area contributed by atoms with Gasteiger partial charge in [-0.1, -0.05) is 133 Å². The first-order chi connectivity index (χ1) is 30.2. The molecule has 286 valence electrons. The van der Waals surface area contributed by atoms with Crippen molar-refractivity contribution in [3.05, 3.63) is 199 Å². The van der Waals surface area contributed by atoms with Crippen molar-refractivity contribution in [1.29, 1.82) is 0 Å². The molecule has 0 radical (unpaired) electrons. The lowest BCUT2D eigenvalue weighted by atomic mass is 9.84. The number of hydrogen-bond donors (Lipinski definition) is 0. The maximum Gasteiger partial charge on any atom is 0.164 e. The van der Waals surface area contributed by atoms with Crippen molar-refractivity contribution >= 4 is 75.0 Å². The highest BCUT2D eigenvalue weighted by Gasteiger charge is 2.27. The lowest BCUT2D eigenvalue weighted by molar-refractivity contribution is 0.665. The lowest BCUT2D eigenvalue weighted by Crippen LogP contribution is -2.04. The van der Waals surface area contributed by atoms with Gasteiger partial charge in [0.05, 0.1) is 0 Å². The minimum atomic E-state index is 0.108. The van der Waals surface area contributed by atoms with Crippen LogP contribution in [0.3, 0.4) is 0 Å². The molecule has 9 aromatic carbocycles. The van der Waals surface area contributed by atoms with E-state index in [1.54, 1.807) is 0 Å². The molecular weight excluding hydrogens is 763 g/mol. The molecule has 4 nitrogen and oxygen atoms in total. The molecule has 3 heterocycles. The summed E-state index contributed by atoms with van der Waals surface area (Å²) in [6.07, 6.45) is 1.90. The highest BCUT2D eigenvalue weighted by Crippen LogP contribution is 2.46. The van der Waals surface area contributed by atoms with Crippen LogP contribution >= 0.6 is 11.3 Å². The van der Waals surface area contributed by atoms with Gasteiger partial charge in [0.2, 0.25) is 0 Å². The average molecular weight is 798 g/mol. The van der Waals surface area contributed by atoms with E-state index in [1.807, 2.05) is 17.4 Å². The molecule has 0 saturated carbocycles. The second-order valence-corrected chi connectivity index (χ2v) is 17.3. The summed E-state index contributed by atoms with van der Waals surface area (Å²) in [6, 6.07) is 65.5. The standard InChI is InChI=1S/C56H35N3OS/c1-2-14-35-29-46-36(28-34(35)13-1)24-26-40(41-17-5-6-18-42(41)46)38-31-48(53-45-20-7-9-22-49(45)60-50(53)32-38)56-58-54(37-25-27-52-47(30-37)43-19-8-10-23-51(43)61-52)57-55(59-56)44-21-11-15-33-12-3-4-16-39(33)44/h1-23,25,27-32,40H,24,26H2. The fourth-order valence-electron chi connectivity index (χ4n) is 9.88. The van der Waals surface area contributed by atoms with Crippen LogP contribution in [-0.2, 0) is 6.42 Å². The van der Waals surface area contributed by atoms with Crippen LogP contribution in [0.1, 0.15) is 29.0 Å².